The van der Waals surface area contributed by atoms with Crippen LogP contribution in [0.4, 0.5) is 20.7 Å². The average molecular weight is 581 g/mol. The molecule has 216 valence electrons. The van der Waals surface area contributed by atoms with Crippen molar-refractivity contribution in [2.45, 2.75) is 38.0 Å². The average Bonchev–Trinajstić information content (AvgIpc) is 3.34. The third-order valence-corrected chi connectivity index (χ3v) is 7.60. The number of halogens is 1. The number of methoxy groups -OCH3 is 1. The highest BCUT2D eigenvalue weighted by atomic mass is 32.2. The van der Waals surface area contributed by atoms with Crippen LogP contribution in [0.25, 0.3) is 16.8 Å². The molecule has 0 radical (unpaired) electrons. The van der Waals surface area contributed by atoms with Gasteiger partial charge in [0.1, 0.15) is 11.6 Å². The van der Waals surface area contributed by atoms with Crippen molar-refractivity contribution in [2.24, 2.45) is 0 Å². The molecule has 0 aliphatic rings. The van der Waals surface area contributed by atoms with Gasteiger partial charge in [-0.3, -0.25) is 10.3 Å². The fraction of sp³-hybridized carbons (Fsp3) is 0.276. The molecule has 0 bridgehead atoms. The van der Waals surface area contributed by atoms with E-state index in [2.05, 4.69) is 25.4 Å². The first-order valence-corrected chi connectivity index (χ1v) is 14.4. The molecule has 0 saturated carbocycles. The Morgan fingerprint density at radius 2 is 1.78 bits per heavy atom. The van der Waals surface area contributed by atoms with Gasteiger partial charge in [-0.2, -0.15) is 5.10 Å². The third kappa shape index (κ3) is 7.34. The summed E-state index contributed by atoms with van der Waals surface area (Å²) in [6, 6.07) is 15.4. The van der Waals surface area contributed by atoms with Gasteiger partial charge in [-0.15, -0.1) is 0 Å². The Bertz CT molecular complexity index is 1660. The topological polar surface area (TPSA) is 127 Å². The minimum absolute atomic E-state index is 0.00522. The van der Waals surface area contributed by atoms with Crippen molar-refractivity contribution in [1.29, 1.82) is 0 Å². The number of hydrogen-bond donors (Lipinski definition) is 3. The van der Waals surface area contributed by atoms with Crippen LogP contribution >= 0.6 is 0 Å². The molecule has 4 aromatic rings. The number of amides is 2. The van der Waals surface area contributed by atoms with Gasteiger partial charge in [0.25, 0.3) is 0 Å². The fourth-order valence-electron chi connectivity index (χ4n) is 3.97. The Morgan fingerprint density at radius 3 is 2.46 bits per heavy atom. The molecule has 10 nitrogen and oxygen atoms in total. The van der Waals surface area contributed by atoms with Crippen molar-refractivity contribution in [3.05, 3.63) is 84.1 Å². The molecule has 2 aromatic heterocycles. The maximum Gasteiger partial charge on any atom is 0.324 e. The number of aryl methyl sites for hydroxylation is 1. The highest BCUT2D eigenvalue weighted by molar-refractivity contribution is 7.89. The molecule has 2 aromatic carbocycles. The maximum atomic E-state index is 15.0. The van der Waals surface area contributed by atoms with Gasteiger partial charge in [0, 0.05) is 37.0 Å². The number of anilines is 2. The highest BCUT2D eigenvalue weighted by Crippen LogP contribution is 2.28. The molecule has 3 N–H and O–H groups in total. The van der Waals surface area contributed by atoms with Crippen molar-refractivity contribution < 1.29 is 22.3 Å². The molecule has 0 spiro atoms. The van der Waals surface area contributed by atoms with E-state index in [1.165, 1.54) is 36.1 Å². The highest BCUT2D eigenvalue weighted by Gasteiger charge is 2.23. The summed E-state index contributed by atoms with van der Waals surface area (Å²) >= 11 is 0. The molecule has 0 unspecified atom stereocenters. The van der Waals surface area contributed by atoms with E-state index < -0.39 is 21.9 Å². The van der Waals surface area contributed by atoms with Gasteiger partial charge in [0.2, 0.25) is 10.0 Å². The van der Waals surface area contributed by atoms with Crippen molar-refractivity contribution >= 4 is 27.6 Å². The van der Waals surface area contributed by atoms with Crippen LogP contribution in [-0.2, 0) is 20.2 Å². The van der Waals surface area contributed by atoms with Gasteiger partial charge in [-0.25, -0.2) is 27.0 Å². The lowest BCUT2D eigenvalue weighted by atomic mass is 9.92. The summed E-state index contributed by atoms with van der Waals surface area (Å²) in [6.07, 6.45) is 1.65. The standard InChI is InChI=1S/C29H33FN6O4S/c1-19-15-21(11-12-31-19)20-9-10-25(24(30)16-20)33-28(37)34-27-18-26(29(2,3)4)35-36(27)22-7-6-8-23(17-22)41(38,39)32-13-14-40-5/h6-12,15-18,32H,13-14H2,1-5H3,(H2,33,34,37). The molecule has 2 heterocycles. The van der Waals surface area contributed by atoms with Crippen LogP contribution in [0.1, 0.15) is 32.2 Å². The summed E-state index contributed by atoms with van der Waals surface area (Å²) in [5, 5.41) is 9.91. The molecular formula is C29H33FN6O4S. The van der Waals surface area contributed by atoms with Crippen molar-refractivity contribution in [3.8, 4) is 16.8 Å². The van der Waals surface area contributed by atoms with E-state index in [1.807, 2.05) is 33.8 Å². The molecule has 0 aliphatic carbocycles. The number of carbonyl (C=O) groups is 1. The van der Waals surface area contributed by atoms with Crippen LogP contribution in [-0.4, -0.2) is 49.5 Å². The Morgan fingerprint density at radius 1 is 1.02 bits per heavy atom. The minimum atomic E-state index is -3.81. The lowest BCUT2D eigenvalue weighted by Gasteiger charge is -2.14. The molecular weight excluding hydrogens is 547 g/mol. The Kier molecular flexibility index (Phi) is 8.86. The Balaban J connectivity index is 1.60. The normalized spacial score (nSPS) is 11.9. The number of nitrogens with zero attached hydrogens (tertiary/aromatic N) is 3. The van der Waals surface area contributed by atoms with Gasteiger partial charge in [0.05, 0.1) is 28.6 Å². The Labute approximate surface area is 239 Å². The van der Waals surface area contributed by atoms with E-state index in [-0.39, 0.29) is 35.0 Å². The summed E-state index contributed by atoms with van der Waals surface area (Å²) < 4.78 is 49.3. The summed E-state index contributed by atoms with van der Waals surface area (Å²) in [5.74, 6) is -0.325. The number of ether oxygens (including phenoxy) is 1. The monoisotopic (exact) mass is 580 g/mol. The molecule has 41 heavy (non-hydrogen) atoms. The number of nitrogens with one attached hydrogen (secondary N) is 3. The van der Waals surface area contributed by atoms with E-state index in [1.54, 1.807) is 36.5 Å². The molecule has 0 aliphatic heterocycles. The fourth-order valence-corrected chi connectivity index (χ4v) is 5.02. The summed E-state index contributed by atoms with van der Waals surface area (Å²) in [5.41, 5.74) is 2.95. The van der Waals surface area contributed by atoms with Crippen molar-refractivity contribution in [2.75, 3.05) is 30.9 Å². The first-order chi connectivity index (χ1) is 19.4. The largest absolute Gasteiger partial charge is 0.383 e. The van der Waals surface area contributed by atoms with E-state index in [4.69, 9.17) is 4.74 Å². The van der Waals surface area contributed by atoms with E-state index in [0.717, 1.165) is 11.3 Å². The molecule has 12 heteroatoms. The van der Waals surface area contributed by atoms with E-state index in [0.29, 0.717) is 16.9 Å². The number of carbonyl (C=O) groups excluding carboxylic acids is 1. The van der Waals surface area contributed by atoms with E-state index in [9.17, 15) is 17.6 Å². The number of aromatic nitrogens is 3. The van der Waals surface area contributed by atoms with Gasteiger partial charge < -0.3 is 10.1 Å². The SMILES string of the molecule is COCCNS(=O)(=O)c1cccc(-n2nc(C(C)(C)C)cc2NC(=O)Nc2ccc(-c3ccnc(C)c3)cc2F)c1. The van der Waals surface area contributed by atoms with Gasteiger partial charge in [0.15, 0.2) is 0 Å². The zero-order chi connectivity index (χ0) is 29.8. The van der Waals surface area contributed by atoms with Gasteiger partial charge in [-0.05, 0) is 60.5 Å². The number of urea groups is 1. The van der Waals surface area contributed by atoms with Crippen molar-refractivity contribution in [3.63, 3.8) is 0 Å². The summed E-state index contributed by atoms with van der Waals surface area (Å²) in [4.78, 5) is 17.2. The number of benzene rings is 2. The van der Waals surface area contributed by atoms with Gasteiger partial charge in [-0.1, -0.05) is 32.9 Å². The number of rotatable bonds is 9. The van der Waals surface area contributed by atoms with Crippen LogP contribution in [0.2, 0.25) is 0 Å². The summed E-state index contributed by atoms with van der Waals surface area (Å²) in [7, 11) is -2.32. The van der Waals surface area contributed by atoms with Crippen LogP contribution in [0.5, 0.6) is 0 Å². The van der Waals surface area contributed by atoms with Crippen LogP contribution in [0, 0.1) is 12.7 Å². The molecule has 4 rings (SSSR count). The Hall–Kier alpha value is -4.13. The smallest absolute Gasteiger partial charge is 0.324 e. The number of pyridine rings is 1. The number of sulfonamides is 1. The molecule has 2 amide bonds. The minimum Gasteiger partial charge on any atom is -0.383 e. The van der Waals surface area contributed by atoms with Crippen LogP contribution < -0.4 is 15.4 Å². The zero-order valence-corrected chi connectivity index (χ0v) is 24.3. The maximum absolute atomic E-state index is 15.0. The lowest BCUT2D eigenvalue weighted by Crippen LogP contribution is -2.27. The second-order valence-electron chi connectivity index (χ2n) is 10.4. The number of hydrogen-bond acceptors (Lipinski definition) is 6. The second kappa shape index (κ2) is 12.2. The first-order valence-electron chi connectivity index (χ1n) is 12.9. The second-order valence-corrected chi connectivity index (χ2v) is 12.2. The molecule has 0 saturated heterocycles. The first kappa shape index (κ1) is 29.8. The third-order valence-electron chi connectivity index (χ3n) is 6.14. The predicted molar refractivity (Wildman–Crippen MR) is 156 cm³/mol. The predicted octanol–water partition coefficient (Wildman–Crippen LogP) is 5.25. The van der Waals surface area contributed by atoms with Crippen LogP contribution in [0.3, 0.4) is 0 Å². The zero-order valence-electron chi connectivity index (χ0n) is 23.5. The molecule has 0 fully saturated rings. The lowest BCUT2D eigenvalue weighted by molar-refractivity contribution is 0.204. The van der Waals surface area contributed by atoms with Crippen LogP contribution in [0.15, 0.2) is 71.8 Å². The van der Waals surface area contributed by atoms with Gasteiger partial charge >= 0.3 is 6.03 Å². The van der Waals surface area contributed by atoms with Crippen molar-refractivity contribution in [1.82, 2.24) is 19.5 Å². The van der Waals surface area contributed by atoms with E-state index >= 15 is 0 Å². The summed E-state index contributed by atoms with van der Waals surface area (Å²) in [6.45, 7) is 8.09. The quantitative estimate of drug-likeness (QED) is 0.232. The molecule has 0 atom stereocenters.